The van der Waals surface area contributed by atoms with Gasteiger partial charge in [-0.25, -0.2) is 0 Å². The third-order valence-electron chi connectivity index (χ3n) is 6.90. The third kappa shape index (κ3) is 6.78. The molecule has 188 valence electrons. The maximum absolute atomic E-state index is 13.1. The zero-order valence-corrected chi connectivity index (χ0v) is 19.9. The fraction of sp³-hybridized carbons (Fsp3) is 0.481. The SMILES string of the molecule is O=C(NC[C@H]1CCCCN1Cc1ccccc1)[C@H]1CCCN(C(=O)c2ccccc2OC(F)F)C1. The standard InChI is InChI=1S/C27H33F2N3O3/c28-27(29)35-24-14-5-4-13-23(24)26(34)32-16-8-11-21(19-32)25(33)30-17-22-12-6-7-15-31(22)18-20-9-2-1-3-10-20/h1-5,9-10,13-14,21-22,27H,6-8,11-12,15-19H2,(H,30,33)/t21-,22+/m0/s1. The number of rotatable bonds is 8. The van der Waals surface area contributed by atoms with Crippen LogP contribution in [0.1, 0.15) is 48.0 Å². The van der Waals surface area contributed by atoms with E-state index < -0.39 is 6.61 Å². The average Bonchev–Trinajstić information content (AvgIpc) is 2.88. The summed E-state index contributed by atoms with van der Waals surface area (Å²) in [4.78, 5) is 30.1. The van der Waals surface area contributed by atoms with E-state index in [1.165, 1.54) is 17.7 Å². The Hall–Kier alpha value is -3.00. The maximum atomic E-state index is 13.1. The molecular formula is C27H33F2N3O3. The number of para-hydroxylation sites is 1. The van der Waals surface area contributed by atoms with E-state index in [2.05, 4.69) is 27.1 Å². The summed E-state index contributed by atoms with van der Waals surface area (Å²) in [6.07, 6.45) is 4.74. The lowest BCUT2D eigenvalue weighted by molar-refractivity contribution is -0.126. The summed E-state index contributed by atoms with van der Waals surface area (Å²) < 4.78 is 30.0. The summed E-state index contributed by atoms with van der Waals surface area (Å²) in [5.41, 5.74) is 1.36. The molecule has 8 heteroatoms. The van der Waals surface area contributed by atoms with Crippen molar-refractivity contribution in [3.8, 4) is 5.75 Å². The average molecular weight is 486 g/mol. The van der Waals surface area contributed by atoms with Gasteiger partial charge in [-0.05, 0) is 49.9 Å². The number of amides is 2. The molecule has 6 nitrogen and oxygen atoms in total. The van der Waals surface area contributed by atoms with E-state index in [9.17, 15) is 18.4 Å². The van der Waals surface area contributed by atoms with Crippen molar-refractivity contribution in [1.29, 1.82) is 0 Å². The van der Waals surface area contributed by atoms with Crippen LogP contribution in [0.3, 0.4) is 0 Å². The quantitative estimate of drug-likeness (QED) is 0.605. The summed E-state index contributed by atoms with van der Waals surface area (Å²) in [7, 11) is 0. The van der Waals surface area contributed by atoms with E-state index in [1.807, 2.05) is 18.2 Å². The van der Waals surface area contributed by atoms with Crippen LogP contribution < -0.4 is 10.1 Å². The second-order valence-electron chi connectivity index (χ2n) is 9.32. The van der Waals surface area contributed by atoms with E-state index in [4.69, 9.17) is 0 Å². The number of benzene rings is 2. The molecule has 2 aliphatic heterocycles. The van der Waals surface area contributed by atoms with E-state index in [0.29, 0.717) is 25.9 Å². The second-order valence-corrected chi connectivity index (χ2v) is 9.32. The molecule has 2 heterocycles. The Morgan fingerprint density at radius 3 is 2.54 bits per heavy atom. The molecule has 0 radical (unpaired) electrons. The molecule has 2 aromatic rings. The Morgan fingerprint density at radius 1 is 0.971 bits per heavy atom. The number of alkyl halides is 2. The van der Waals surface area contributed by atoms with Gasteiger partial charge in [-0.3, -0.25) is 14.5 Å². The number of carbonyl (C=O) groups is 2. The van der Waals surface area contributed by atoms with Gasteiger partial charge in [-0.15, -0.1) is 0 Å². The first-order chi connectivity index (χ1) is 17.0. The largest absolute Gasteiger partial charge is 0.434 e. The van der Waals surface area contributed by atoms with E-state index >= 15 is 0 Å². The highest BCUT2D eigenvalue weighted by molar-refractivity contribution is 5.97. The van der Waals surface area contributed by atoms with E-state index in [1.54, 1.807) is 17.0 Å². The summed E-state index contributed by atoms with van der Waals surface area (Å²) in [6, 6.07) is 16.7. The van der Waals surface area contributed by atoms with Crippen molar-refractivity contribution in [3.05, 3.63) is 65.7 Å². The molecule has 2 fully saturated rings. The Bertz CT molecular complexity index is 989. The first-order valence-corrected chi connectivity index (χ1v) is 12.4. The zero-order chi connectivity index (χ0) is 24.6. The molecule has 0 spiro atoms. The Balaban J connectivity index is 1.33. The van der Waals surface area contributed by atoms with Crippen molar-refractivity contribution < 1.29 is 23.1 Å². The highest BCUT2D eigenvalue weighted by Crippen LogP contribution is 2.25. The van der Waals surface area contributed by atoms with Crippen LogP contribution in [0.4, 0.5) is 8.78 Å². The van der Waals surface area contributed by atoms with Gasteiger partial charge in [-0.1, -0.05) is 48.9 Å². The molecule has 2 saturated heterocycles. The predicted octanol–water partition coefficient (Wildman–Crippen LogP) is 4.31. The van der Waals surface area contributed by atoms with Crippen LogP contribution in [0.5, 0.6) is 5.75 Å². The number of ether oxygens (including phenoxy) is 1. The lowest BCUT2D eigenvalue weighted by Crippen LogP contribution is -2.50. The normalized spacial score (nSPS) is 21.1. The molecule has 0 aliphatic carbocycles. The number of piperidine rings is 2. The van der Waals surface area contributed by atoms with Crippen LogP contribution >= 0.6 is 0 Å². The van der Waals surface area contributed by atoms with Crippen molar-refractivity contribution in [2.24, 2.45) is 5.92 Å². The van der Waals surface area contributed by atoms with Gasteiger partial charge in [0.2, 0.25) is 5.91 Å². The predicted molar refractivity (Wildman–Crippen MR) is 129 cm³/mol. The molecule has 2 atom stereocenters. The molecule has 2 aromatic carbocycles. The van der Waals surface area contributed by atoms with Gasteiger partial charge in [0.1, 0.15) is 5.75 Å². The number of hydrogen-bond donors (Lipinski definition) is 1. The fourth-order valence-corrected chi connectivity index (χ4v) is 5.07. The molecule has 0 unspecified atom stereocenters. The molecule has 0 bridgehead atoms. The number of nitrogens with one attached hydrogen (secondary N) is 1. The van der Waals surface area contributed by atoms with Crippen LogP contribution in [0.25, 0.3) is 0 Å². The fourth-order valence-electron chi connectivity index (χ4n) is 5.07. The van der Waals surface area contributed by atoms with Crippen LogP contribution in [0.15, 0.2) is 54.6 Å². The maximum Gasteiger partial charge on any atom is 0.387 e. The number of halogens is 2. The van der Waals surface area contributed by atoms with Crippen LogP contribution in [0, 0.1) is 5.92 Å². The molecular weight excluding hydrogens is 452 g/mol. The lowest BCUT2D eigenvalue weighted by atomic mass is 9.95. The minimum atomic E-state index is -3.01. The number of hydrogen-bond acceptors (Lipinski definition) is 4. The second kappa shape index (κ2) is 12.1. The van der Waals surface area contributed by atoms with Gasteiger partial charge in [0.15, 0.2) is 0 Å². The molecule has 4 rings (SSSR count). The van der Waals surface area contributed by atoms with E-state index in [0.717, 1.165) is 32.4 Å². The molecule has 2 amide bonds. The van der Waals surface area contributed by atoms with Crippen LogP contribution in [-0.2, 0) is 11.3 Å². The van der Waals surface area contributed by atoms with Gasteiger partial charge < -0.3 is 15.0 Å². The number of likely N-dealkylation sites (tertiary alicyclic amines) is 2. The van der Waals surface area contributed by atoms with Crippen molar-refractivity contribution in [2.45, 2.75) is 51.3 Å². The zero-order valence-electron chi connectivity index (χ0n) is 19.9. The van der Waals surface area contributed by atoms with Gasteiger partial charge in [0.25, 0.3) is 5.91 Å². The first kappa shape index (κ1) is 25.1. The lowest BCUT2D eigenvalue weighted by Gasteiger charge is -2.37. The van der Waals surface area contributed by atoms with Gasteiger partial charge in [0.05, 0.1) is 11.5 Å². The van der Waals surface area contributed by atoms with Gasteiger partial charge in [-0.2, -0.15) is 8.78 Å². The van der Waals surface area contributed by atoms with E-state index in [-0.39, 0.29) is 41.6 Å². The Labute approximate surface area is 205 Å². The van der Waals surface area contributed by atoms with Crippen LogP contribution in [0.2, 0.25) is 0 Å². The molecule has 0 aromatic heterocycles. The minimum absolute atomic E-state index is 0.0511. The smallest absolute Gasteiger partial charge is 0.387 e. The summed E-state index contributed by atoms with van der Waals surface area (Å²) >= 11 is 0. The summed E-state index contributed by atoms with van der Waals surface area (Å²) in [5.74, 6) is -0.901. The Morgan fingerprint density at radius 2 is 1.74 bits per heavy atom. The van der Waals surface area contributed by atoms with Gasteiger partial charge >= 0.3 is 6.61 Å². The topological polar surface area (TPSA) is 61.9 Å². The van der Waals surface area contributed by atoms with Crippen LogP contribution in [-0.4, -0.2) is 60.4 Å². The monoisotopic (exact) mass is 485 g/mol. The molecule has 2 aliphatic rings. The highest BCUT2D eigenvalue weighted by atomic mass is 19.3. The summed E-state index contributed by atoms with van der Waals surface area (Å²) in [5, 5.41) is 3.13. The van der Waals surface area contributed by atoms with Crippen molar-refractivity contribution in [3.63, 3.8) is 0 Å². The van der Waals surface area contributed by atoms with Crippen molar-refractivity contribution in [1.82, 2.24) is 15.1 Å². The highest BCUT2D eigenvalue weighted by Gasteiger charge is 2.31. The van der Waals surface area contributed by atoms with Crippen molar-refractivity contribution in [2.75, 3.05) is 26.2 Å². The molecule has 35 heavy (non-hydrogen) atoms. The molecule has 1 N–H and O–H groups in total. The third-order valence-corrected chi connectivity index (χ3v) is 6.90. The first-order valence-electron chi connectivity index (χ1n) is 12.4. The minimum Gasteiger partial charge on any atom is -0.434 e. The summed E-state index contributed by atoms with van der Waals surface area (Å²) in [6.45, 7) is 0.214. The Kier molecular flexibility index (Phi) is 8.69. The van der Waals surface area contributed by atoms with Crippen molar-refractivity contribution >= 4 is 11.8 Å². The van der Waals surface area contributed by atoms with Gasteiger partial charge in [0, 0.05) is 32.2 Å². The number of carbonyl (C=O) groups excluding carboxylic acids is 2. The molecule has 0 saturated carbocycles. The number of nitrogens with zero attached hydrogens (tertiary/aromatic N) is 2.